The second-order valence-electron chi connectivity index (χ2n) is 7.07. The third-order valence-corrected chi connectivity index (χ3v) is 7.03. The topological polar surface area (TPSA) is 116 Å². The zero-order chi connectivity index (χ0) is 22.7. The first-order valence-corrected chi connectivity index (χ1v) is 11.2. The van der Waals surface area contributed by atoms with E-state index >= 15 is 0 Å². The highest BCUT2D eigenvalue weighted by Crippen LogP contribution is 2.31. The molecule has 1 aliphatic heterocycles. The molecule has 9 nitrogen and oxygen atoms in total. The Morgan fingerprint density at radius 3 is 2.71 bits per heavy atom. The quantitative estimate of drug-likeness (QED) is 0.539. The van der Waals surface area contributed by atoms with Crippen LogP contribution in [0.4, 0.5) is 5.13 Å². The predicted octanol–water partition coefficient (Wildman–Crippen LogP) is 2.63. The van der Waals surface area contributed by atoms with E-state index in [1.54, 1.807) is 6.92 Å². The number of methoxy groups -OCH3 is 1. The number of hydrogen-bond acceptors (Lipinski definition) is 7. The lowest BCUT2D eigenvalue weighted by molar-refractivity contribution is -0.125. The van der Waals surface area contributed by atoms with Gasteiger partial charge in [-0.3, -0.25) is 9.59 Å². The van der Waals surface area contributed by atoms with Crippen LogP contribution in [-0.4, -0.2) is 60.5 Å². The number of halogens is 2. The van der Waals surface area contributed by atoms with E-state index in [1.807, 2.05) is 11.8 Å². The van der Waals surface area contributed by atoms with Crippen molar-refractivity contribution < 1.29 is 19.1 Å². The first-order valence-electron chi connectivity index (χ1n) is 9.68. The van der Waals surface area contributed by atoms with Gasteiger partial charge in [0.25, 0.3) is 5.91 Å². The predicted molar refractivity (Wildman–Crippen MR) is 119 cm³/mol. The minimum atomic E-state index is -0.520. The zero-order valence-electron chi connectivity index (χ0n) is 17.3. The molecule has 168 valence electrons. The van der Waals surface area contributed by atoms with Crippen molar-refractivity contribution in [2.75, 3.05) is 31.6 Å². The van der Waals surface area contributed by atoms with Crippen molar-refractivity contribution in [3.05, 3.63) is 32.5 Å². The van der Waals surface area contributed by atoms with Crippen molar-refractivity contribution >= 4 is 57.5 Å². The molecule has 3 N–H and O–H groups in total. The second-order valence-corrected chi connectivity index (χ2v) is 8.83. The lowest BCUT2D eigenvalue weighted by atomic mass is 9.91. The molecule has 1 fully saturated rings. The SMILES string of the molecule is CCNC(=O)C1CN(c2ncc(C(=O)OC)s2)CCC1NC(=O)c1[nH]c(C)c(Cl)c1Cl. The van der Waals surface area contributed by atoms with Crippen LogP contribution in [0.25, 0.3) is 0 Å². The van der Waals surface area contributed by atoms with Crippen molar-refractivity contribution in [3.8, 4) is 0 Å². The number of H-pyrrole nitrogens is 1. The molecule has 0 spiro atoms. The molecule has 2 atom stereocenters. The van der Waals surface area contributed by atoms with Gasteiger partial charge in [0, 0.05) is 31.4 Å². The van der Waals surface area contributed by atoms with Gasteiger partial charge >= 0.3 is 5.97 Å². The summed E-state index contributed by atoms with van der Waals surface area (Å²) < 4.78 is 4.73. The number of nitrogens with one attached hydrogen (secondary N) is 3. The van der Waals surface area contributed by atoms with Gasteiger partial charge in [-0.15, -0.1) is 0 Å². The van der Waals surface area contributed by atoms with Crippen LogP contribution in [0.2, 0.25) is 10.0 Å². The third-order valence-electron chi connectivity index (χ3n) is 5.05. The van der Waals surface area contributed by atoms with Crippen LogP contribution < -0.4 is 15.5 Å². The summed E-state index contributed by atoms with van der Waals surface area (Å²) >= 11 is 13.4. The number of amides is 2. The molecule has 31 heavy (non-hydrogen) atoms. The molecule has 3 heterocycles. The average Bonchev–Trinajstić information content (AvgIpc) is 3.35. The van der Waals surface area contributed by atoms with E-state index in [0.717, 1.165) is 0 Å². The lowest BCUT2D eigenvalue weighted by Crippen LogP contribution is -2.56. The smallest absolute Gasteiger partial charge is 0.349 e. The highest BCUT2D eigenvalue weighted by molar-refractivity contribution is 7.17. The van der Waals surface area contributed by atoms with Gasteiger partial charge in [0.2, 0.25) is 5.91 Å². The van der Waals surface area contributed by atoms with Crippen LogP contribution in [0, 0.1) is 12.8 Å². The summed E-state index contributed by atoms with van der Waals surface area (Å²) in [5.74, 6) is -1.57. The molecular weight excluding hydrogens is 465 g/mol. The zero-order valence-corrected chi connectivity index (χ0v) is 19.6. The summed E-state index contributed by atoms with van der Waals surface area (Å²) in [7, 11) is 1.31. The number of piperidine rings is 1. The first kappa shape index (κ1) is 23.4. The molecule has 0 radical (unpaired) electrons. The Morgan fingerprint density at radius 2 is 2.10 bits per heavy atom. The number of carbonyl (C=O) groups excluding carboxylic acids is 3. The number of aromatic nitrogens is 2. The van der Waals surface area contributed by atoms with Crippen molar-refractivity contribution in [3.63, 3.8) is 0 Å². The highest BCUT2D eigenvalue weighted by Gasteiger charge is 2.37. The van der Waals surface area contributed by atoms with Gasteiger partial charge in [0.1, 0.15) is 10.6 Å². The van der Waals surface area contributed by atoms with E-state index in [9.17, 15) is 14.4 Å². The van der Waals surface area contributed by atoms with Crippen LogP contribution in [0.5, 0.6) is 0 Å². The first-order chi connectivity index (χ1) is 14.8. The number of anilines is 1. The van der Waals surface area contributed by atoms with E-state index < -0.39 is 23.8 Å². The van der Waals surface area contributed by atoms with Crippen molar-refractivity contribution in [1.82, 2.24) is 20.6 Å². The number of hydrogen-bond donors (Lipinski definition) is 3. The van der Waals surface area contributed by atoms with Gasteiger partial charge in [-0.1, -0.05) is 34.5 Å². The summed E-state index contributed by atoms with van der Waals surface area (Å²) in [6, 6.07) is -0.409. The molecule has 0 saturated carbocycles. The number of rotatable bonds is 6. The molecule has 2 unspecified atom stereocenters. The number of carbonyl (C=O) groups is 3. The third kappa shape index (κ3) is 4.97. The normalized spacial score (nSPS) is 18.5. The van der Waals surface area contributed by atoms with E-state index in [2.05, 4.69) is 20.6 Å². The van der Waals surface area contributed by atoms with Gasteiger partial charge in [-0.2, -0.15) is 0 Å². The second kappa shape index (κ2) is 9.88. The van der Waals surface area contributed by atoms with Crippen LogP contribution in [0.15, 0.2) is 6.20 Å². The standard InChI is InChI=1S/C19H23Cl2N5O4S/c1-4-22-16(27)10-8-26(19-23-7-12(31-19)18(29)30-3)6-5-11(10)25-17(28)15-14(21)13(20)9(2)24-15/h7,10-11,24H,4-6,8H2,1-3H3,(H,22,27)(H,25,28). The van der Waals surface area contributed by atoms with Gasteiger partial charge in [0.15, 0.2) is 5.13 Å². The van der Waals surface area contributed by atoms with Crippen LogP contribution in [0.3, 0.4) is 0 Å². The maximum Gasteiger partial charge on any atom is 0.349 e. The van der Waals surface area contributed by atoms with Crippen LogP contribution in [0.1, 0.15) is 39.2 Å². The number of aryl methyl sites for hydroxylation is 1. The molecule has 2 amide bonds. The van der Waals surface area contributed by atoms with Crippen molar-refractivity contribution in [2.24, 2.45) is 5.92 Å². The number of aromatic amines is 1. The molecule has 0 bridgehead atoms. The molecule has 0 aliphatic carbocycles. The van der Waals surface area contributed by atoms with E-state index in [-0.39, 0.29) is 16.6 Å². The molecule has 1 aliphatic rings. The van der Waals surface area contributed by atoms with Crippen LogP contribution >= 0.6 is 34.5 Å². The summed E-state index contributed by atoms with van der Waals surface area (Å²) in [4.78, 5) is 46.8. The fourth-order valence-electron chi connectivity index (χ4n) is 3.44. The van der Waals surface area contributed by atoms with Gasteiger partial charge < -0.3 is 25.3 Å². The van der Waals surface area contributed by atoms with E-state index in [0.29, 0.717) is 46.8 Å². The van der Waals surface area contributed by atoms with Crippen molar-refractivity contribution in [1.29, 1.82) is 0 Å². The van der Waals surface area contributed by atoms with Gasteiger partial charge in [-0.05, 0) is 20.3 Å². The summed E-state index contributed by atoms with van der Waals surface area (Å²) in [6.45, 7) is 4.91. The fourth-order valence-corrected chi connectivity index (χ4v) is 4.73. The Morgan fingerprint density at radius 1 is 1.35 bits per heavy atom. The van der Waals surface area contributed by atoms with Crippen LogP contribution in [-0.2, 0) is 9.53 Å². The fraction of sp³-hybridized carbons (Fsp3) is 0.474. The van der Waals surface area contributed by atoms with E-state index in [4.69, 9.17) is 27.9 Å². The summed E-state index contributed by atoms with van der Waals surface area (Å²) in [5, 5.41) is 6.82. The average molecular weight is 488 g/mol. The Hall–Kier alpha value is -2.30. The Bertz CT molecular complexity index is 992. The molecule has 2 aromatic rings. The monoisotopic (exact) mass is 487 g/mol. The Balaban J connectivity index is 1.77. The number of thiazole rings is 1. The highest BCUT2D eigenvalue weighted by atomic mass is 35.5. The lowest BCUT2D eigenvalue weighted by Gasteiger charge is -2.37. The minimum Gasteiger partial charge on any atom is -0.465 e. The molecule has 1 saturated heterocycles. The molecule has 0 aromatic carbocycles. The maximum atomic E-state index is 12.8. The molecule has 2 aromatic heterocycles. The van der Waals surface area contributed by atoms with Gasteiger partial charge in [0.05, 0.1) is 29.3 Å². The maximum absolute atomic E-state index is 12.8. The van der Waals surface area contributed by atoms with E-state index in [1.165, 1.54) is 24.6 Å². The molecular formula is C19H23Cl2N5O4S. The largest absolute Gasteiger partial charge is 0.465 e. The molecule has 3 rings (SSSR count). The number of nitrogens with zero attached hydrogens (tertiary/aromatic N) is 2. The van der Waals surface area contributed by atoms with Crippen molar-refractivity contribution in [2.45, 2.75) is 26.3 Å². The summed E-state index contributed by atoms with van der Waals surface area (Å²) in [6.07, 6.45) is 1.96. The molecule has 12 heteroatoms. The Labute approximate surface area is 193 Å². The summed E-state index contributed by atoms with van der Waals surface area (Å²) in [5.41, 5.74) is 0.765. The number of ether oxygens (including phenoxy) is 1. The Kier molecular flexibility index (Phi) is 7.45. The number of esters is 1. The van der Waals surface area contributed by atoms with Gasteiger partial charge in [-0.25, -0.2) is 9.78 Å². The minimum absolute atomic E-state index is 0.154.